The van der Waals surface area contributed by atoms with Crippen molar-refractivity contribution in [1.29, 1.82) is 5.41 Å². The maximum absolute atomic E-state index is 12.7. The molecule has 0 bridgehead atoms. The maximum Gasteiger partial charge on any atom is 0.305 e. The van der Waals surface area contributed by atoms with Gasteiger partial charge in [0.05, 0.1) is 12.2 Å². The summed E-state index contributed by atoms with van der Waals surface area (Å²) in [7, 11) is 0. The van der Waals surface area contributed by atoms with E-state index in [1.54, 1.807) is 13.8 Å². The van der Waals surface area contributed by atoms with Crippen molar-refractivity contribution in [2.24, 2.45) is 5.92 Å². The van der Waals surface area contributed by atoms with Gasteiger partial charge in [0, 0.05) is 18.7 Å². The molecule has 0 spiro atoms. The van der Waals surface area contributed by atoms with Crippen LogP contribution in [0.5, 0.6) is 0 Å². The summed E-state index contributed by atoms with van der Waals surface area (Å²) in [6.45, 7) is 11.6. The van der Waals surface area contributed by atoms with Gasteiger partial charge in [-0.2, -0.15) is 0 Å². The van der Waals surface area contributed by atoms with Crippen LogP contribution in [0, 0.1) is 11.3 Å². The highest BCUT2D eigenvalue weighted by Crippen LogP contribution is 2.13. The summed E-state index contributed by atoms with van der Waals surface area (Å²) in [6.07, 6.45) is 2.32. The number of hydrogen-bond acceptors (Lipinski definition) is 5. The van der Waals surface area contributed by atoms with E-state index in [0.717, 1.165) is 18.4 Å². The van der Waals surface area contributed by atoms with Gasteiger partial charge in [0.2, 0.25) is 5.91 Å². The fourth-order valence-electron chi connectivity index (χ4n) is 2.72. The van der Waals surface area contributed by atoms with Gasteiger partial charge >= 0.3 is 5.97 Å². The molecule has 0 saturated heterocycles. The Morgan fingerprint density at radius 1 is 1.07 bits per heavy atom. The van der Waals surface area contributed by atoms with Crippen molar-refractivity contribution in [3.05, 3.63) is 11.1 Å². The van der Waals surface area contributed by atoms with Crippen LogP contribution in [0.2, 0.25) is 0 Å². The van der Waals surface area contributed by atoms with Crippen LogP contribution in [0.15, 0.2) is 11.1 Å². The summed E-state index contributed by atoms with van der Waals surface area (Å²) >= 11 is 0. The molecule has 0 fully saturated rings. The molecule has 0 saturated carbocycles. The van der Waals surface area contributed by atoms with Crippen molar-refractivity contribution >= 4 is 23.5 Å². The zero-order valence-electron chi connectivity index (χ0n) is 17.5. The highest BCUT2D eigenvalue weighted by atomic mass is 16.5. The van der Waals surface area contributed by atoms with Crippen LogP contribution in [0.3, 0.4) is 0 Å². The summed E-state index contributed by atoms with van der Waals surface area (Å²) in [5.74, 6) is -1.09. The third-order valence-corrected chi connectivity index (χ3v) is 4.05. The standard InChI is InChI=1S/C20H35N3O4/c1-7-10-14(5)17(15(6)21)19(25)23-18(13(3)4)20(26)22-12-9-11-16(24)27-8-2/h13,18,21H,7-12H2,1-6H3,(H,22,26)(H,23,25)/b17-14+,21-15?. The van der Waals surface area contributed by atoms with Gasteiger partial charge in [0.25, 0.3) is 5.91 Å². The van der Waals surface area contributed by atoms with Crippen LogP contribution in [-0.2, 0) is 19.1 Å². The minimum absolute atomic E-state index is 0.113. The van der Waals surface area contributed by atoms with Crippen LogP contribution in [0.25, 0.3) is 0 Å². The lowest BCUT2D eigenvalue weighted by Gasteiger charge is -2.23. The van der Waals surface area contributed by atoms with E-state index in [4.69, 9.17) is 10.1 Å². The molecule has 0 aromatic rings. The van der Waals surface area contributed by atoms with Crippen LogP contribution < -0.4 is 10.6 Å². The lowest BCUT2D eigenvalue weighted by molar-refractivity contribution is -0.143. The van der Waals surface area contributed by atoms with Gasteiger partial charge in [-0.15, -0.1) is 0 Å². The Hall–Kier alpha value is -2.18. The number of carbonyl (C=O) groups excluding carboxylic acids is 3. The Morgan fingerprint density at radius 2 is 1.70 bits per heavy atom. The number of carbonyl (C=O) groups is 3. The molecular formula is C20H35N3O4. The Balaban J connectivity index is 4.90. The van der Waals surface area contributed by atoms with Crippen molar-refractivity contribution in [2.45, 2.75) is 73.3 Å². The monoisotopic (exact) mass is 381 g/mol. The fraction of sp³-hybridized carbons (Fsp3) is 0.700. The van der Waals surface area contributed by atoms with Gasteiger partial charge < -0.3 is 20.8 Å². The Morgan fingerprint density at radius 3 is 2.19 bits per heavy atom. The van der Waals surface area contributed by atoms with Gasteiger partial charge in [0.15, 0.2) is 0 Å². The number of allylic oxidation sites excluding steroid dienone is 1. The first kappa shape index (κ1) is 24.8. The van der Waals surface area contributed by atoms with Crippen molar-refractivity contribution in [1.82, 2.24) is 10.6 Å². The summed E-state index contributed by atoms with van der Waals surface area (Å²) in [5.41, 5.74) is 1.38. The van der Waals surface area contributed by atoms with Gasteiger partial charge in [-0.05, 0) is 39.5 Å². The molecular weight excluding hydrogens is 346 g/mol. The Kier molecular flexibility index (Phi) is 12.0. The van der Waals surface area contributed by atoms with E-state index in [0.29, 0.717) is 25.1 Å². The van der Waals surface area contributed by atoms with Gasteiger partial charge in [-0.25, -0.2) is 0 Å². The number of ether oxygens (including phenoxy) is 1. The molecule has 0 rings (SSSR count). The lowest BCUT2D eigenvalue weighted by Crippen LogP contribution is -2.50. The minimum atomic E-state index is -0.705. The van der Waals surface area contributed by atoms with Gasteiger partial charge in [-0.3, -0.25) is 14.4 Å². The van der Waals surface area contributed by atoms with Crippen molar-refractivity contribution in [3.63, 3.8) is 0 Å². The summed E-state index contributed by atoms with van der Waals surface area (Å²) in [5, 5.41) is 13.4. The molecule has 0 aromatic carbocycles. The zero-order chi connectivity index (χ0) is 21.0. The van der Waals surface area contributed by atoms with E-state index in [1.165, 1.54) is 0 Å². The summed E-state index contributed by atoms with van der Waals surface area (Å²) in [6, 6.07) is -0.705. The molecule has 0 aromatic heterocycles. The third kappa shape index (κ3) is 9.35. The second-order valence-corrected chi connectivity index (χ2v) is 6.93. The van der Waals surface area contributed by atoms with E-state index in [-0.39, 0.29) is 29.9 Å². The molecule has 0 aliphatic heterocycles. The molecule has 2 amide bonds. The predicted octanol–water partition coefficient (Wildman–Crippen LogP) is 2.74. The summed E-state index contributed by atoms with van der Waals surface area (Å²) < 4.78 is 4.84. The van der Waals surface area contributed by atoms with Crippen LogP contribution in [0.1, 0.15) is 67.2 Å². The van der Waals surface area contributed by atoms with Crippen molar-refractivity contribution in [3.8, 4) is 0 Å². The van der Waals surface area contributed by atoms with Gasteiger partial charge in [-0.1, -0.05) is 32.8 Å². The molecule has 3 N–H and O–H groups in total. The quantitative estimate of drug-likeness (QED) is 0.209. The second-order valence-electron chi connectivity index (χ2n) is 6.93. The minimum Gasteiger partial charge on any atom is -0.466 e. The molecule has 0 aliphatic rings. The molecule has 154 valence electrons. The first-order valence-electron chi connectivity index (χ1n) is 9.65. The van der Waals surface area contributed by atoms with Crippen LogP contribution in [0.4, 0.5) is 0 Å². The molecule has 7 heteroatoms. The summed E-state index contributed by atoms with van der Waals surface area (Å²) in [4.78, 5) is 36.4. The van der Waals surface area contributed by atoms with Gasteiger partial charge in [0.1, 0.15) is 6.04 Å². The average Bonchev–Trinajstić information content (AvgIpc) is 2.56. The van der Waals surface area contributed by atoms with E-state index in [9.17, 15) is 14.4 Å². The Bertz CT molecular complexity index is 568. The number of hydrogen-bond donors (Lipinski definition) is 3. The largest absolute Gasteiger partial charge is 0.466 e. The zero-order valence-corrected chi connectivity index (χ0v) is 17.5. The average molecular weight is 382 g/mol. The maximum atomic E-state index is 12.7. The van der Waals surface area contributed by atoms with Crippen LogP contribution >= 0.6 is 0 Å². The molecule has 0 aliphatic carbocycles. The molecule has 0 heterocycles. The molecule has 27 heavy (non-hydrogen) atoms. The third-order valence-electron chi connectivity index (χ3n) is 4.05. The predicted molar refractivity (Wildman–Crippen MR) is 107 cm³/mol. The smallest absolute Gasteiger partial charge is 0.305 e. The highest BCUT2D eigenvalue weighted by Gasteiger charge is 2.26. The number of esters is 1. The van der Waals surface area contributed by atoms with E-state index in [2.05, 4.69) is 10.6 Å². The Labute approximate surface area is 162 Å². The van der Waals surface area contributed by atoms with E-state index < -0.39 is 11.9 Å². The SMILES string of the molecule is CCC/C(C)=C(\C(C)=N)C(=O)NC(C(=O)NCCCC(=O)OCC)C(C)C. The normalized spacial score (nSPS) is 12.9. The van der Waals surface area contributed by atoms with Crippen molar-refractivity contribution in [2.75, 3.05) is 13.2 Å². The van der Waals surface area contributed by atoms with Crippen molar-refractivity contribution < 1.29 is 19.1 Å². The number of nitrogens with one attached hydrogen (secondary N) is 3. The second kappa shape index (κ2) is 13.1. The van der Waals surface area contributed by atoms with E-state index >= 15 is 0 Å². The molecule has 0 radical (unpaired) electrons. The first-order valence-corrected chi connectivity index (χ1v) is 9.65. The molecule has 1 atom stereocenters. The number of rotatable bonds is 12. The fourth-order valence-corrected chi connectivity index (χ4v) is 2.72. The first-order chi connectivity index (χ1) is 12.6. The highest BCUT2D eigenvalue weighted by molar-refractivity contribution is 6.20. The molecule has 7 nitrogen and oxygen atoms in total. The van der Waals surface area contributed by atoms with E-state index in [1.807, 2.05) is 27.7 Å². The molecule has 1 unspecified atom stereocenters. The van der Waals surface area contributed by atoms with Crippen LogP contribution in [-0.4, -0.2) is 42.7 Å². The topological polar surface area (TPSA) is 108 Å². The number of amides is 2. The lowest BCUT2D eigenvalue weighted by atomic mass is 9.98.